The van der Waals surface area contributed by atoms with Gasteiger partial charge in [0.15, 0.2) is 0 Å². The Bertz CT molecular complexity index is 556. The minimum Gasteiger partial charge on any atom is -0.274 e. The van der Waals surface area contributed by atoms with Gasteiger partial charge < -0.3 is 0 Å². The van der Waals surface area contributed by atoms with Crippen LogP contribution in [-0.4, -0.2) is 25.2 Å². The first-order chi connectivity index (χ1) is 8.53. The number of benzene rings is 1. The smallest absolute Gasteiger partial charge is 0.267 e. The highest BCUT2D eigenvalue weighted by Gasteiger charge is 2.31. The number of carbonyl (C=O) groups excluding carboxylic acids is 1. The third-order valence-electron chi connectivity index (χ3n) is 2.93. The number of nitrogens with zero attached hydrogens (tertiary/aromatic N) is 1. The molecule has 1 saturated heterocycles. The fourth-order valence-electron chi connectivity index (χ4n) is 1.98. The van der Waals surface area contributed by atoms with Crippen LogP contribution in [0.3, 0.4) is 0 Å². The lowest BCUT2D eigenvalue weighted by atomic mass is 10.2. The van der Waals surface area contributed by atoms with Crippen LogP contribution in [0.25, 0.3) is 0 Å². The molecule has 4 nitrogen and oxygen atoms in total. The van der Waals surface area contributed by atoms with E-state index < -0.39 is 10.0 Å². The molecule has 98 valence electrons. The Morgan fingerprint density at radius 1 is 1.11 bits per heavy atom. The molecule has 0 N–H and O–H groups in total. The number of carbonyl (C=O) groups is 1. The Morgan fingerprint density at radius 3 is 2.56 bits per heavy atom. The molecule has 0 aliphatic carbocycles. The quantitative estimate of drug-likeness (QED) is 0.839. The van der Waals surface area contributed by atoms with Crippen LogP contribution in [0.15, 0.2) is 29.2 Å². The van der Waals surface area contributed by atoms with E-state index in [4.69, 9.17) is 11.6 Å². The van der Waals surface area contributed by atoms with E-state index in [-0.39, 0.29) is 28.8 Å². The first kappa shape index (κ1) is 13.4. The van der Waals surface area contributed by atoms with Crippen molar-refractivity contribution in [2.75, 3.05) is 6.54 Å². The van der Waals surface area contributed by atoms with Crippen LogP contribution in [-0.2, 0) is 14.8 Å². The molecule has 0 unspecified atom stereocenters. The summed E-state index contributed by atoms with van der Waals surface area (Å²) in [6.45, 7) is 0.242. The number of rotatable bonds is 2. The highest BCUT2D eigenvalue weighted by Crippen LogP contribution is 2.26. The second kappa shape index (κ2) is 5.28. The van der Waals surface area contributed by atoms with Crippen LogP contribution in [0, 0.1) is 0 Å². The van der Waals surface area contributed by atoms with E-state index in [0.29, 0.717) is 6.42 Å². The normalized spacial score (nSPS) is 17.6. The van der Waals surface area contributed by atoms with Crippen LogP contribution >= 0.6 is 11.6 Å². The Balaban J connectivity index is 2.42. The lowest BCUT2D eigenvalue weighted by molar-refractivity contribution is -0.126. The Hall–Kier alpha value is -1.07. The molecule has 1 aromatic carbocycles. The lowest BCUT2D eigenvalue weighted by Gasteiger charge is -2.20. The standard InChI is InChI=1S/C12H14ClNO3S/c13-10-6-3-4-7-11(10)18(16,17)14-9-5-1-2-8-12(14)15/h3-4,6-7H,1-2,5,8-9H2. The van der Waals surface area contributed by atoms with Gasteiger partial charge in [0.05, 0.1) is 5.02 Å². The van der Waals surface area contributed by atoms with E-state index in [0.717, 1.165) is 17.1 Å². The van der Waals surface area contributed by atoms with Gasteiger partial charge in [0.1, 0.15) is 4.90 Å². The number of halogens is 1. The average Bonchev–Trinajstić information content (AvgIpc) is 2.54. The molecule has 0 spiro atoms. The number of hydrogen-bond acceptors (Lipinski definition) is 3. The Morgan fingerprint density at radius 2 is 1.83 bits per heavy atom. The van der Waals surface area contributed by atoms with E-state index in [1.807, 2.05) is 0 Å². The average molecular weight is 288 g/mol. The summed E-state index contributed by atoms with van der Waals surface area (Å²) >= 11 is 5.90. The van der Waals surface area contributed by atoms with Crippen LogP contribution in [0.4, 0.5) is 0 Å². The summed E-state index contributed by atoms with van der Waals surface area (Å²) in [6, 6.07) is 6.19. The SMILES string of the molecule is O=C1CCCCCN1S(=O)(=O)c1ccccc1Cl. The molecule has 1 aromatic rings. The molecular weight excluding hydrogens is 274 g/mol. The first-order valence-electron chi connectivity index (χ1n) is 5.83. The second-order valence-corrected chi connectivity index (χ2v) is 6.45. The second-order valence-electron chi connectivity index (χ2n) is 4.21. The van der Waals surface area contributed by atoms with Gasteiger partial charge in [0.25, 0.3) is 10.0 Å². The summed E-state index contributed by atoms with van der Waals surface area (Å²) in [7, 11) is -3.81. The molecule has 0 aromatic heterocycles. The highest BCUT2D eigenvalue weighted by atomic mass is 35.5. The predicted octanol–water partition coefficient (Wildman–Crippen LogP) is 2.43. The predicted molar refractivity (Wildman–Crippen MR) is 68.8 cm³/mol. The van der Waals surface area contributed by atoms with Crippen molar-refractivity contribution in [2.45, 2.75) is 30.6 Å². The molecule has 18 heavy (non-hydrogen) atoms. The molecule has 1 fully saturated rings. The topological polar surface area (TPSA) is 54.5 Å². The van der Waals surface area contributed by atoms with Gasteiger partial charge in [-0.2, -0.15) is 0 Å². The Kier molecular flexibility index (Phi) is 3.92. The van der Waals surface area contributed by atoms with Crippen LogP contribution in [0.5, 0.6) is 0 Å². The summed E-state index contributed by atoms with van der Waals surface area (Å²) in [5.41, 5.74) is 0. The molecular formula is C12H14ClNO3S. The van der Waals surface area contributed by atoms with Gasteiger partial charge in [-0.1, -0.05) is 30.2 Å². The molecule has 0 bridgehead atoms. The minimum atomic E-state index is -3.81. The summed E-state index contributed by atoms with van der Waals surface area (Å²) < 4.78 is 25.7. The van der Waals surface area contributed by atoms with Crippen LogP contribution in [0.1, 0.15) is 25.7 Å². The maximum absolute atomic E-state index is 12.4. The first-order valence-corrected chi connectivity index (χ1v) is 7.65. The van der Waals surface area contributed by atoms with Crippen molar-refractivity contribution in [2.24, 2.45) is 0 Å². The molecule has 0 radical (unpaired) electrons. The summed E-state index contributed by atoms with van der Waals surface area (Å²) in [4.78, 5) is 11.9. The third kappa shape index (κ3) is 2.52. The van der Waals surface area contributed by atoms with E-state index in [2.05, 4.69) is 0 Å². The van der Waals surface area contributed by atoms with Gasteiger partial charge in [0, 0.05) is 13.0 Å². The monoisotopic (exact) mass is 287 g/mol. The molecule has 0 saturated carbocycles. The van der Waals surface area contributed by atoms with Gasteiger partial charge >= 0.3 is 0 Å². The number of sulfonamides is 1. The van der Waals surface area contributed by atoms with Crippen molar-refractivity contribution in [1.82, 2.24) is 4.31 Å². The van der Waals surface area contributed by atoms with Crippen molar-refractivity contribution in [1.29, 1.82) is 0 Å². The largest absolute Gasteiger partial charge is 0.274 e. The van der Waals surface area contributed by atoms with Gasteiger partial charge in [0.2, 0.25) is 5.91 Å². The highest BCUT2D eigenvalue weighted by molar-refractivity contribution is 7.89. The molecule has 1 amide bonds. The molecule has 1 aliphatic rings. The van der Waals surface area contributed by atoms with Gasteiger partial charge in [-0.05, 0) is 25.0 Å². The maximum atomic E-state index is 12.4. The van der Waals surface area contributed by atoms with Crippen molar-refractivity contribution < 1.29 is 13.2 Å². The minimum absolute atomic E-state index is 0.00177. The van der Waals surface area contributed by atoms with Gasteiger partial charge in [-0.3, -0.25) is 4.79 Å². The van der Waals surface area contributed by atoms with E-state index in [1.165, 1.54) is 12.1 Å². The molecule has 1 heterocycles. The number of hydrogen-bond donors (Lipinski definition) is 0. The molecule has 0 atom stereocenters. The van der Waals surface area contributed by atoms with Crippen molar-refractivity contribution in [3.05, 3.63) is 29.3 Å². The van der Waals surface area contributed by atoms with Crippen molar-refractivity contribution >= 4 is 27.5 Å². The van der Waals surface area contributed by atoms with E-state index >= 15 is 0 Å². The van der Waals surface area contributed by atoms with E-state index in [9.17, 15) is 13.2 Å². The fraction of sp³-hybridized carbons (Fsp3) is 0.417. The third-order valence-corrected chi connectivity index (χ3v) is 5.25. The van der Waals surface area contributed by atoms with E-state index in [1.54, 1.807) is 12.1 Å². The summed E-state index contributed by atoms with van der Waals surface area (Å²) in [5, 5.41) is 0.148. The van der Waals surface area contributed by atoms with Crippen LogP contribution in [0.2, 0.25) is 5.02 Å². The van der Waals surface area contributed by atoms with Crippen molar-refractivity contribution in [3.8, 4) is 0 Å². The Labute approximate surface area is 112 Å². The van der Waals surface area contributed by atoms with Crippen LogP contribution < -0.4 is 0 Å². The molecule has 6 heteroatoms. The lowest BCUT2D eigenvalue weighted by Crippen LogP contribution is -2.36. The summed E-state index contributed by atoms with van der Waals surface area (Å²) in [5.74, 6) is -0.340. The molecule has 2 rings (SSSR count). The fourth-order valence-corrected chi connectivity index (χ4v) is 3.94. The van der Waals surface area contributed by atoms with Gasteiger partial charge in [-0.15, -0.1) is 0 Å². The number of amides is 1. The zero-order valence-corrected chi connectivity index (χ0v) is 11.4. The maximum Gasteiger partial charge on any atom is 0.267 e. The summed E-state index contributed by atoms with van der Waals surface area (Å²) in [6.07, 6.45) is 2.60. The zero-order valence-electron chi connectivity index (χ0n) is 9.80. The van der Waals surface area contributed by atoms with Gasteiger partial charge in [-0.25, -0.2) is 12.7 Å². The van der Waals surface area contributed by atoms with Crippen molar-refractivity contribution in [3.63, 3.8) is 0 Å². The molecule has 1 aliphatic heterocycles. The zero-order chi connectivity index (χ0) is 13.2.